The summed E-state index contributed by atoms with van der Waals surface area (Å²) in [6.45, 7) is 6.33. The van der Waals surface area contributed by atoms with E-state index in [4.69, 9.17) is 3.07 Å². The van der Waals surface area contributed by atoms with Crippen LogP contribution in [0.5, 0.6) is 0 Å². The van der Waals surface area contributed by atoms with Gasteiger partial charge in [-0.3, -0.25) is 4.90 Å². The summed E-state index contributed by atoms with van der Waals surface area (Å²) in [5.41, 5.74) is -0.195. The summed E-state index contributed by atoms with van der Waals surface area (Å²) < 4.78 is 31.7. The van der Waals surface area contributed by atoms with E-state index < -0.39 is 12.0 Å². The van der Waals surface area contributed by atoms with E-state index in [0.29, 0.717) is 13.0 Å². The highest BCUT2D eigenvalue weighted by Gasteiger charge is 2.47. The Kier molecular flexibility index (Phi) is 3.75. The van der Waals surface area contributed by atoms with E-state index in [2.05, 4.69) is 0 Å². The third-order valence-corrected chi connectivity index (χ3v) is 3.20. The van der Waals surface area contributed by atoms with Gasteiger partial charge in [0.1, 0.15) is 29.1 Å². The van der Waals surface area contributed by atoms with Crippen molar-refractivity contribution in [1.29, 1.82) is 0 Å². The molecule has 1 rings (SSSR count). The number of nitrogens with zero attached hydrogens (tertiary/aromatic N) is 1. The lowest BCUT2D eigenvalue weighted by Gasteiger charge is -2.43. The van der Waals surface area contributed by atoms with Gasteiger partial charge in [0.05, 0.1) is 6.54 Å². The molecule has 2 nitrogen and oxygen atoms in total. The maximum absolute atomic E-state index is 13.5. The number of hydrogen-bond acceptors (Lipinski definition) is 2. The summed E-state index contributed by atoms with van der Waals surface area (Å²) in [5, 5.41) is 0. The summed E-state index contributed by atoms with van der Waals surface area (Å²) in [4.78, 5) is 1.80. The van der Waals surface area contributed by atoms with Crippen molar-refractivity contribution in [3.63, 3.8) is 0 Å². The van der Waals surface area contributed by atoms with Crippen molar-refractivity contribution in [3.05, 3.63) is 0 Å². The molecular weight excluding hydrogens is 303 g/mol. The number of halogens is 3. The Morgan fingerprint density at radius 1 is 1.43 bits per heavy atom. The van der Waals surface area contributed by atoms with Crippen LogP contribution in [0.3, 0.4) is 0 Å². The minimum Gasteiger partial charge on any atom is -0.306 e. The van der Waals surface area contributed by atoms with E-state index in [1.165, 1.54) is 0 Å². The van der Waals surface area contributed by atoms with Crippen LogP contribution in [0.15, 0.2) is 0 Å². The third kappa shape index (κ3) is 2.76. The molecule has 1 saturated heterocycles. The number of alkyl halides is 2. The molecular formula is C9H16F2INO. The van der Waals surface area contributed by atoms with Gasteiger partial charge in [-0.05, 0) is 27.2 Å². The Labute approximate surface area is 97.7 Å². The first-order valence-electron chi connectivity index (χ1n) is 4.67. The van der Waals surface area contributed by atoms with Gasteiger partial charge in [0.15, 0.2) is 0 Å². The van der Waals surface area contributed by atoms with Gasteiger partial charge in [0.25, 0.3) is 5.92 Å². The van der Waals surface area contributed by atoms with Crippen LogP contribution in [0.25, 0.3) is 0 Å². The molecule has 0 amide bonds. The fraction of sp³-hybridized carbons (Fsp3) is 1.00. The molecule has 0 N–H and O–H groups in total. The molecule has 0 aromatic heterocycles. The summed E-state index contributed by atoms with van der Waals surface area (Å²) in [6.07, 6.45) is -0.533. The Morgan fingerprint density at radius 2 is 2.00 bits per heavy atom. The first-order valence-corrected chi connectivity index (χ1v) is 5.56. The highest BCUT2D eigenvalue weighted by molar-refractivity contribution is 14.1. The van der Waals surface area contributed by atoms with Crippen LogP contribution in [0, 0.1) is 0 Å². The fourth-order valence-electron chi connectivity index (χ4n) is 1.60. The topological polar surface area (TPSA) is 12.5 Å². The number of piperidine rings is 1. The molecule has 84 valence electrons. The fourth-order valence-corrected chi connectivity index (χ4v) is 2.23. The van der Waals surface area contributed by atoms with Gasteiger partial charge in [-0.15, -0.1) is 0 Å². The van der Waals surface area contributed by atoms with Gasteiger partial charge in [-0.25, -0.2) is 8.78 Å². The van der Waals surface area contributed by atoms with Crippen molar-refractivity contribution in [2.24, 2.45) is 0 Å². The number of rotatable bonds is 1. The standard InChI is InChI=1S/C9H16F2INO/c1-8(2,3)13-5-4-7(14-12)9(10,11)6-13/h7H,4-6H2,1-3H3. The van der Waals surface area contributed by atoms with Gasteiger partial charge >= 0.3 is 0 Å². The highest BCUT2D eigenvalue weighted by Crippen LogP contribution is 2.33. The predicted molar refractivity (Wildman–Crippen MR) is 59.8 cm³/mol. The van der Waals surface area contributed by atoms with Gasteiger partial charge in [0.2, 0.25) is 0 Å². The lowest BCUT2D eigenvalue weighted by molar-refractivity contribution is -0.142. The zero-order chi connectivity index (χ0) is 11.0. The van der Waals surface area contributed by atoms with Crippen LogP contribution in [-0.4, -0.2) is 35.6 Å². The number of hydrogen-bond donors (Lipinski definition) is 0. The Hall–Kier alpha value is 0.510. The van der Waals surface area contributed by atoms with E-state index in [0.717, 1.165) is 0 Å². The largest absolute Gasteiger partial charge is 0.306 e. The van der Waals surface area contributed by atoms with Gasteiger partial charge < -0.3 is 3.07 Å². The third-order valence-electron chi connectivity index (χ3n) is 2.59. The van der Waals surface area contributed by atoms with Crippen molar-refractivity contribution in [2.75, 3.05) is 13.1 Å². The van der Waals surface area contributed by atoms with E-state index >= 15 is 0 Å². The smallest absolute Gasteiger partial charge is 0.287 e. The van der Waals surface area contributed by atoms with Crippen LogP contribution >= 0.6 is 23.0 Å². The van der Waals surface area contributed by atoms with Crippen LogP contribution in [0.2, 0.25) is 0 Å². The molecule has 0 radical (unpaired) electrons. The summed E-state index contributed by atoms with van der Waals surface area (Å²) in [6, 6.07) is 0. The van der Waals surface area contributed by atoms with E-state index in [1.54, 1.807) is 27.9 Å². The molecule has 1 aliphatic heterocycles. The van der Waals surface area contributed by atoms with E-state index in [-0.39, 0.29) is 12.1 Å². The number of likely N-dealkylation sites (tertiary alicyclic amines) is 1. The first kappa shape index (κ1) is 12.6. The van der Waals surface area contributed by atoms with Crippen molar-refractivity contribution < 1.29 is 11.8 Å². The quantitative estimate of drug-likeness (QED) is 0.689. The maximum Gasteiger partial charge on any atom is 0.287 e. The van der Waals surface area contributed by atoms with Crippen LogP contribution in [0.4, 0.5) is 8.78 Å². The highest BCUT2D eigenvalue weighted by atomic mass is 127. The molecule has 0 bridgehead atoms. The Balaban J connectivity index is 2.67. The lowest BCUT2D eigenvalue weighted by Crippen LogP contribution is -2.57. The Morgan fingerprint density at radius 3 is 2.36 bits per heavy atom. The maximum atomic E-state index is 13.5. The normalized spacial score (nSPS) is 29.1. The molecule has 1 aliphatic rings. The molecule has 0 aromatic rings. The van der Waals surface area contributed by atoms with Gasteiger partial charge in [0, 0.05) is 12.1 Å². The van der Waals surface area contributed by atoms with Crippen LogP contribution < -0.4 is 0 Å². The van der Waals surface area contributed by atoms with Crippen LogP contribution in [-0.2, 0) is 3.07 Å². The Bertz CT molecular complexity index is 205. The van der Waals surface area contributed by atoms with E-state index in [9.17, 15) is 8.78 Å². The SMILES string of the molecule is CC(C)(C)N1CCC(OI)C(F)(F)C1. The second kappa shape index (κ2) is 4.17. The molecule has 1 heterocycles. The second-order valence-corrected chi connectivity index (χ2v) is 5.23. The minimum atomic E-state index is -2.73. The molecule has 5 heteroatoms. The molecule has 0 saturated carbocycles. The lowest BCUT2D eigenvalue weighted by atomic mass is 9.97. The molecule has 1 unspecified atom stereocenters. The molecule has 0 aliphatic carbocycles. The molecule has 14 heavy (non-hydrogen) atoms. The van der Waals surface area contributed by atoms with Crippen molar-refractivity contribution in [3.8, 4) is 0 Å². The van der Waals surface area contributed by atoms with Crippen LogP contribution in [0.1, 0.15) is 27.2 Å². The molecule has 1 fully saturated rings. The summed E-state index contributed by atoms with van der Waals surface area (Å²) in [5.74, 6) is -2.73. The second-order valence-electron chi connectivity index (χ2n) is 4.72. The van der Waals surface area contributed by atoms with Crippen molar-refractivity contribution in [2.45, 2.75) is 44.8 Å². The molecule has 0 spiro atoms. The summed E-state index contributed by atoms with van der Waals surface area (Å²) >= 11 is 1.56. The monoisotopic (exact) mass is 319 g/mol. The van der Waals surface area contributed by atoms with Gasteiger partial charge in [-0.1, -0.05) is 0 Å². The zero-order valence-corrected chi connectivity index (χ0v) is 10.8. The zero-order valence-electron chi connectivity index (χ0n) is 8.69. The average Bonchev–Trinajstić information content (AvgIpc) is 2.00. The van der Waals surface area contributed by atoms with Crippen molar-refractivity contribution >= 4 is 23.0 Å². The summed E-state index contributed by atoms with van der Waals surface area (Å²) in [7, 11) is 0. The molecule has 0 aromatic carbocycles. The van der Waals surface area contributed by atoms with Crippen molar-refractivity contribution in [1.82, 2.24) is 4.90 Å². The van der Waals surface area contributed by atoms with Gasteiger partial charge in [-0.2, -0.15) is 0 Å². The predicted octanol–water partition coefficient (Wildman–Crippen LogP) is 2.86. The first-order chi connectivity index (χ1) is 6.27. The molecule has 1 atom stereocenters. The average molecular weight is 319 g/mol. The van der Waals surface area contributed by atoms with E-state index in [1.807, 2.05) is 20.8 Å². The minimum absolute atomic E-state index is 0.195.